The van der Waals surface area contributed by atoms with Gasteiger partial charge in [0, 0.05) is 0 Å². The fraction of sp³-hybridized carbons (Fsp3) is 1.00. The largest absolute Gasteiger partial charge is 0.391 e. The fourth-order valence-corrected chi connectivity index (χ4v) is 1.08. The number of hydrogen-bond donors (Lipinski definition) is 1. The summed E-state index contributed by atoms with van der Waals surface area (Å²) in [6.07, 6.45) is 3.24. The van der Waals surface area contributed by atoms with Gasteiger partial charge in [0.2, 0.25) is 0 Å². The lowest BCUT2D eigenvalue weighted by Gasteiger charge is -2.07. The summed E-state index contributed by atoms with van der Waals surface area (Å²) in [5, 5.41) is 9.08. The van der Waals surface area contributed by atoms with Gasteiger partial charge in [-0.25, -0.2) is 0 Å². The summed E-state index contributed by atoms with van der Waals surface area (Å²) in [4.78, 5) is 0. The molecule has 1 heterocycles. The maximum absolute atomic E-state index is 9.08. The van der Waals surface area contributed by atoms with Gasteiger partial charge >= 0.3 is 0 Å². The van der Waals surface area contributed by atoms with Gasteiger partial charge in [-0.05, 0) is 26.2 Å². The molecule has 54 valence electrons. The van der Waals surface area contributed by atoms with Gasteiger partial charge in [0.15, 0.2) is 0 Å². The van der Waals surface area contributed by atoms with Crippen molar-refractivity contribution in [3.8, 4) is 0 Å². The number of rotatable bonds is 0. The van der Waals surface area contributed by atoms with Crippen LogP contribution in [0.3, 0.4) is 0 Å². The van der Waals surface area contributed by atoms with Gasteiger partial charge in [-0.3, -0.25) is 0 Å². The molecule has 9 heavy (non-hydrogen) atoms. The van der Waals surface area contributed by atoms with Gasteiger partial charge in [0.05, 0.1) is 18.8 Å². The molecule has 2 heteroatoms. The van der Waals surface area contributed by atoms with Crippen LogP contribution in [-0.4, -0.2) is 23.9 Å². The molecule has 0 radical (unpaired) electrons. The van der Waals surface area contributed by atoms with Crippen LogP contribution in [0.1, 0.15) is 26.2 Å². The summed E-state index contributed by atoms with van der Waals surface area (Å²) in [5.74, 6) is 0. The van der Waals surface area contributed by atoms with Crippen molar-refractivity contribution in [3.63, 3.8) is 0 Å². The predicted molar refractivity (Wildman–Crippen MR) is 35.3 cm³/mol. The molecule has 2 atom stereocenters. The Hall–Kier alpha value is -0.0800. The first kappa shape index (κ1) is 7.03. The summed E-state index contributed by atoms with van der Waals surface area (Å²) >= 11 is 0. The molecule has 0 aromatic carbocycles. The van der Waals surface area contributed by atoms with Gasteiger partial charge < -0.3 is 9.84 Å². The van der Waals surface area contributed by atoms with E-state index in [9.17, 15) is 0 Å². The zero-order valence-electron chi connectivity index (χ0n) is 5.84. The van der Waals surface area contributed by atoms with Crippen molar-refractivity contribution in [2.75, 3.05) is 6.61 Å². The monoisotopic (exact) mass is 130 g/mol. The molecular formula is C7H14O2. The number of aliphatic hydroxyl groups excluding tert-OH is 1. The minimum atomic E-state index is -0.213. The third kappa shape index (κ3) is 2.33. The quantitative estimate of drug-likeness (QED) is 0.528. The second-order valence-electron chi connectivity index (χ2n) is 2.73. The number of ether oxygens (including phenoxy) is 1. The van der Waals surface area contributed by atoms with E-state index in [2.05, 4.69) is 6.92 Å². The first-order chi connectivity index (χ1) is 4.29. The zero-order chi connectivity index (χ0) is 6.69. The molecule has 0 bridgehead atoms. The molecule has 0 spiro atoms. The van der Waals surface area contributed by atoms with Crippen molar-refractivity contribution >= 4 is 0 Å². The van der Waals surface area contributed by atoms with E-state index in [0.717, 1.165) is 19.3 Å². The summed E-state index contributed by atoms with van der Waals surface area (Å²) in [7, 11) is 0. The highest BCUT2D eigenvalue weighted by molar-refractivity contribution is 4.62. The van der Waals surface area contributed by atoms with E-state index in [-0.39, 0.29) is 6.10 Å². The summed E-state index contributed by atoms with van der Waals surface area (Å²) in [6, 6.07) is 0. The molecule has 2 nitrogen and oxygen atoms in total. The van der Waals surface area contributed by atoms with Crippen LogP contribution in [0.4, 0.5) is 0 Å². The first-order valence-corrected chi connectivity index (χ1v) is 3.58. The van der Waals surface area contributed by atoms with E-state index in [0.29, 0.717) is 12.7 Å². The fourth-order valence-electron chi connectivity index (χ4n) is 1.08. The van der Waals surface area contributed by atoms with Gasteiger partial charge in [-0.15, -0.1) is 0 Å². The molecule has 1 aliphatic heterocycles. The van der Waals surface area contributed by atoms with E-state index in [1.165, 1.54) is 0 Å². The molecular weight excluding hydrogens is 116 g/mol. The summed E-state index contributed by atoms with van der Waals surface area (Å²) in [5.41, 5.74) is 0. The number of hydrogen-bond acceptors (Lipinski definition) is 2. The Kier molecular flexibility index (Phi) is 2.49. The minimum Gasteiger partial charge on any atom is -0.391 e. The lowest BCUT2D eigenvalue weighted by molar-refractivity contribution is 0.0134. The van der Waals surface area contributed by atoms with Crippen LogP contribution in [0.25, 0.3) is 0 Å². The summed E-state index contributed by atoms with van der Waals surface area (Å²) in [6.45, 7) is 2.58. The molecule has 1 saturated heterocycles. The highest BCUT2D eigenvalue weighted by Crippen LogP contribution is 2.12. The van der Waals surface area contributed by atoms with Gasteiger partial charge in [-0.1, -0.05) is 0 Å². The van der Waals surface area contributed by atoms with Crippen molar-refractivity contribution in [1.29, 1.82) is 0 Å². The van der Waals surface area contributed by atoms with E-state index in [1.807, 2.05) is 0 Å². The van der Waals surface area contributed by atoms with E-state index in [1.54, 1.807) is 0 Å². The SMILES string of the molecule is CC1CCCC(O)CO1. The first-order valence-electron chi connectivity index (χ1n) is 3.58. The Morgan fingerprint density at radius 3 is 3.00 bits per heavy atom. The van der Waals surface area contributed by atoms with Gasteiger partial charge in [0.1, 0.15) is 0 Å². The smallest absolute Gasteiger partial charge is 0.0773 e. The summed E-state index contributed by atoms with van der Waals surface area (Å²) < 4.78 is 5.27. The Balaban J connectivity index is 2.25. The molecule has 0 amide bonds. The van der Waals surface area contributed by atoms with Gasteiger partial charge in [0.25, 0.3) is 0 Å². The van der Waals surface area contributed by atoms with E-state index < -0.39 is 0 Å². The number of aliphatic hydroxyl groups is 1. The van der Waals surface area contributed by atoms with Crippen LogP contribution < -0.4 is 0 Å². The zero-order valence-corrected chi connectivity index (χ0v) is 5.84. The Morgan fingerprint density at radius 2 is 2.22 bits per heavy atom. The third-order valence-corrected chi connectivity index (χ3v) is 1.72. The minimum absolute atomic E-state index is 0.213. The van der Waals surface area contributed by atoms with Crippen molar-refractivity contribution in [2.24, 2.45) is 0 Å². The standard InChI is InChI=1S/C7H14O2/c1-6-3-2-4-7(8)5-9-6/h6-8H,2-5H2,1H3. The Bertz CT molecular complexity index is 73.0. The lowest BCUT2D eigenvalue weighted by atomic mass is 10.1. The van der Waals surface area contributed by atoms with Crippen LogP contribution in [0, 0.1) is 0 Å². The molecule has 2 unspecified atom stereocenters. The van der Waals surface area contributed by atoms with Crippen molar-refractivity contribution in [3.05, 3.63) is 0 Å². The highest BCUT2D eigenvalue weighted by Gasteiger charge is 2.12. The van der Waals surface area contributed by atoms with Crippen LogP contribution in [-0.2, 0) is 4.74 Å². The van der Waals surface area contributed by atoms with Crippen LogP contribution in [0.2, 0.25) is 0 Å². The van der Waals surface area contributed by atoms with Crippen molar-refractivity contribution in [2.45, 2.75) is 38.4 Å². The molecule has 1 rings (SSSR count). The molecule has 1 aliphatic rings. The molecule has 1 fully saturated rings. The molecule has 1 N–H and O–H groups in total. The van der Waals surface area contributed by atoms with Gasteiger partial charge in [-0.2, -0.15) is 0 Å². The van der Waals surface area contributed by atoms with Crippen molar-refractivity contribution in [1.82, 2.24) is 0 Å². The second kappa shape index (κ2) is 3.18. The van der Waals surface area contributed by atoms with E-state index >= 15 is 0 Å². The maximum atomic E-state index is 9.08. The second-order valence-corrected chi connectivity index (χ2v) is 2.73. The van der Waals surface area contributed by atoms with Crippen molar-refractivity contribution < 1.29 is 9.84 Å². The topological polar surface area (TPSA) is 29.5 Å². The van der Waals surface area contributed by atoms with Crippen LogP contribution >= 0.6 is 0 Å². The Labute approximate surface area is 55.8 Å². The van der Waals surface area contributed by atoms with Crippen LogP contribution in [0.5, 0.6) is 0 Å². The lowest BCUT2D eigenvalue weighted by Crippen LogP contribution is -2.14. The molecule has 0 aromatic heterocycles. The third-order valence-electron chi connectivity index (χ3n) is 1.72. The predicted octanol–water partition coefficient (Wildman–Crippen LogP) is 0.936. The molecule has 0 aliphatic carbocycles. The normalized spacial score (nSPS) is 38.0. The molecule has 0 saturated carbocycles. The average Bonchev–Trinajstić information content (AvgIpc) is 1.97. The van der Waals surface area contributed by atoms with E-state index in [4.69, 9.17) is 9.84 Å². The maximum Gasteiger partial charge on any atom is 0.0773 e. The van der Waals surface area contributed by atoms with Crippen LogP contribution in [0.15, 0.2) is 0 Å². The molecule has 0 aromatic rings. The highest BCUT2D eigenvalue weighted by atomic mass is 16.5. The average molecular weight is 130 g/mol. The Morgan fingerprint density at radius 1 is 1.44 bits per heavy atom.